The second kappa shape index (κ2) is 7.24. The Labute approximate surface area is 145 Å². The molecule has 0 aliphatic carbocycles. The zero-order valence-corrected chi connectivity index (χ0v) is 15.8. The monoisotopic (exact) mass is 380 g/mol. The van der Waals surface area contributed by atoms with Crippen LogP contribution in [-0.2, 0) is 13.1 Å². The summed E-state index contributed by atoms with van der Waals surface area (Å²) < 4.78 is 2.98. The lowest BCUT2D eigenvalue weighted by Gasteiger charge is -2.22. The molecule has 0 saturated heterocycles. The molecule has 1 N–H and O–H groups in total. The van der Waals surface area contributed by atoms with Gasteiger partial charge < -0.3 is 10.2 Å². The molecule has 0 radical (unpaired) electrons. The first kappa shape index (κ1) is 17.0. The molecule has 1 aromatic carbocycles. The number of hydrogen-bond acceptors (Lipinski definition) is 2. The molecule has 2 rings (SSSR count). The van der Waals surface area contributed by atoms with E-state index in [9.17, 15) is 0 Å². The Balaban J connectivity index is 2.09. The maximum absolute atomic E-state index is 5.53. The van der Waals surface area contributed by atoms with Crippen molar-refractivity contribution in [1.29, 1.82) is 0 Å². The SMILES string of the molecule is CCn1ncc(Br)c1CN(C)C(=S)Nc1cccc(C)c1C. The molecule has 1 heterocycles. The van der Waals surface area contributed by atoms with Gasteiger partial charge in [0.1, 0.15) is 0 Å². The van der Waals surface area contributed by atoms with E-state index in [1.54, 1.807) is 0 Å². The molecular formula is C16H21BrN4S. The Morgan fingerprint density at radius 2 is 2.14 bits per heavy atom. The van der Waals surface area contributed by atoms with Gasteiger partial charge in [0, 0.05) is 19.3 Å². The number of aromatic nitrogens is 2. The Bertz CT molecular complexity index is 681. The summed E-state index contributed by atoms with van der Waals surface area (Å²) in [6.07, 6.45) is 1.83. The van der Waals surface area contributed by atoms with Gasteiger partial charge in [-0.2, -0.15) is 5.10 Å². The minimum absolute atomic E-state index is 0.699. The highest BCUT2D eigenvalue weighted by Gasteiger charge is 2.13. The van der Waals surface area contributed by atoms with E-state index in [2.05, 4.69) is 59.2 Å². The molecular weight excluding hydrogens is 360 g/mol. The van der Waals surface area contributed by atoms with Gasteiger partial charge in [-0.1, -0.05) is 12.1 Å². The molecule has 0 atom stereocenters. The first-order valence-electron chi connectivity index (χ1n) is 7.22. The van der Waals surface area contributed by atoms with Gasteiger partial charge in [0.15, 0.2) is 5.11 Å². The largest absolute Gasteiger partial charge is 0.346 e. The van der Waals surface area contributed by atoms with Crippen molar-refractivity contribution < 1.29 is 0 Å². The third-order valence-corrected chi connectivity index (χ3v) is 4.85. The summed E-state index contributed by atoms with van der Waals surface area (Å²) >= 11 is 9.08. The molecule has 0 amide bonds. The van der Waals surface area contributed by atoms with E-state index in [1.807, 2.05) is 28.9 Å². The van der Waals surface area contributed by atoms with Crippen LogP contribution in [0.2, 0.25) is 0 Å². The maximum Gasteiger partial charge on any atom is 0.173 e. The third-order valence-electron chi connectivity index (χ3n) is 3.78. The van der Waals surface area contributed by atoms with Gasteiger partial charge in [0.25, 0.3) is 0 Å². The van der Waals surface area contributed by atoms with Crippen molar-refractivity contribution in [2.24, 2.45) is 0 Å². The molecule has 0 aliphatic heterocycles. The summed E-state index contributed by atoms with van der Waals surface area (Å²) in [6, 6.07) is 6.19. The van der Waals surface area contributed by atoms with Crippen LogP contribution in [0.5, 0.6) is 0 Å². The van der Waals surface area contributed by atoms with Crippen LogP contribution >= 0.6 is 28.1 Å². The van der Waals surface area contributed by atoms with E-state index >= 15 is 0 Å². The van der Waals surface area contributed by atoms with Gasteiger partial charge in [0.05, 0.1) is 22.9 Å². The van der Waals surface area contributed by atoms with E-state index in [1.165, 1.54) is 11.1 Å². The summed E-state index contributed by atoms with van der Waals surface area (Å²) in [4.78, 5) is 2.02. The van der Waals surface area contributed by atoms with Crippen molar-refractivity contribution in [1.82, 2.24) is 14.7 Å². The van der Waals surface area contributed by atoms with Gasteiger partial charge >= 0.3 is 0 Å². The molecule has 2 aromatic rings. The maximum atomic E-state index is 5.53. The average molecular weight is 381 g/mol. The summed E-state index contributed by atoms with van der Waals surface area (Å²) in [5.41, 5.74) is 4.65. The zero-order chi connectivity index (χ0) is 16.3. The highest BCUT2D eigenvalue weighted by molar-refractivity contribution is 9.10. The number of nitrogens with zero attached hydrogens (tertiary/aromatic N) is 3. The Kier molecular flexibility index (Phi) is 5.58. The second-order valence-electron chi connectivity index (χ2n) is 5.29. The number of benzene rings is 1. The van der Waals surface area contributed by atoms with Crippen molar-refractivity contribution in [3.63, 3.8) is 0 Å². The van der Waals surface area contributed by atoms with Crippen molar-refractivity contribution in [3.8, 4) is 0 Å². The van der Waals surface area contributed by atoms with Crippen LogP contribution in [0.1, 0.15) is 23.7 Å². The molecule has 4 nitrogen and oxygen atoms in total. The predicted molar refractivity (Wildman–Crippen MR) is 99.2 cm³/mol. The fourth-order valence-electron chi connectivity index (χ4n) is 2.21. The van der Waals surface area contributed by atoms with E-state index in [-0.39, 0.29) is 0 Å². The second-order valence-corrected chi connectivity index (χ2v) is 6.53. The first-order valence-corrected chi connectivity index (χ1v) is 8.42. The van der Waals surface area contributed by atoms with Crippen LogP contribution in [0.15, 0.2) is 28.9 Å². The van der Waals surface area contributed by atoms with E-state index < -0.39 is 0 Å². The lowest BCUT2D eigenvalue weighted by molar-refractivity contribution is 0.470. The molecule has 0 fully saturated rings. The first-order chi connectivity index (χ1) is 10.4. The predicted octanol–water partition coefficient (Wildman–Crippen LogP) is 4.11. The van der Waals surface area contributed by atoms with Gasteiger partial charge in [-0.15, -0.1) is 0 Å². The van der Waals surface area contributed by atoms with Gasteiger partial charge in [-0.05, 0) is 66.1 Å². The van der Waals surface area contributed by atoms with Crippen molar-refractivity contribution >= 4 is 38.9 Å². The van der Waals surface area contributed by atoms with Crippen molar-refractivity contribution in [3.05, 3.63) is 45.7 Å². The quantitative estimate of drug-likeness (QED) is 0.808. The number of anilines is 1. The molecule has 0 spiro atoms. The topological polar surface area (TPSA) is 33.1 Å². The number of nitrogens with one attached hydrogen (secondary N) is 1. The normalized spacial score (nSPS) is 10.6. The van der Waals surface area contributed by atoms with Crippen LogP contribution in [0, 0.1) is 13.8 Å². The lowest BCUT2D eigenvalue weighted by Crippen LogP contribution is -2.31. The van der Waals surface area contributed by atoms with Crippen LogP contribution in [0.3, 0.4) is 0 Å². The molecule has 6 heteroatoms. The van der Waals surface area contributed by atoms with E-state index in [0.717, 1.165) is 22.4 Å². The third kappa shape index (κ3) is 3.67. The lowest BCUT2D eigenvalue weighted by atomic mass is 10.1. The van der Waals surface area contributed by atoms with Crippen LogP contribution in [-0.4, -0.2) is 26.8 Å². The highest BCUT2D eigenvalue weighted by atomic mass is 79.9. The number of aryl methyl sites for hydroxylation is 2. The fraction of sp³-hybridized carbons (Fsp3) is 0.375. The summed E-state index contributed by atoms with van der Waals surface area (Å²) in [5, 5.41) is 8.37. The average Bonchev–Trinajstić information content (AvgIpc) is 2.84. The molecule has 0 aliphatic rings. The van der Waals surface area contributed by atoms with Gasteiger partial charge in [-0.25, -0.2) is 0 Å². The minimum atomic E-state index is 0.699. The highest BCUT2D eigenvalue weighted by Crippen LogP contribution is 2.20. The Morgan fingerprint density at radius 1 is 1.41 bits per heavy atom. The van der Waals surface area contributed by atoms with Gasteiger partial charge in [-0.3, -0.25) is 4.68 Å². The standard InChI is InChI=1S/C16H21BrN4S/c1-5-21-15(13(17)9-18-21)10-20(4)16(22)19-14-8-6-7-11(2)12(14)3/h6-9H,5,10H2,1-4H3,(H,19,22). The number of rotatable bonds is 4. The van der Waals surface area contributed by atoms with Gasteiger partial charge in [0.2, 0.25) is 0 Å². The number of halogens is 1. The van der Waals surface area contributed by atoms with Crippen LogP contribution in [0.25, 0.3) is 0 Å². The summed E-state index contributed by atoms with van der Waals surface area (Å²) in [6.45, 7) is 7.82. The van der Waals surface area contributed by atoms with Crippen LogP contribution in [0.4, 0.5) is 5.69 Å². The number of thiocarbonyl (C=S) groups is 1. The minimum Gasteiger partial charge on any atom is -0.346 e. The Morgan fingerprint density at radius 3 is 2.82 bits per heavy atom. The number of hydrogen-bond donors (Lipinski definition) is 1. The molecule has 1 aromatic heterocycles. The smallest absolute Gasteiger partial charge is 0.173 e. The van der Waals surface area contributed by atoms with Crippen LogP contribution < -0.4 is 5.32 Å². The fourth-order valence-corrected chi connectivity index (χ4v) is 2.81. The van der Waals surface area contributed by atoms with Crippen molar-refractivity contribution in [2.75, 3.05) is 12.4 Å². The molecule has 22 heavy (non-hydrogen) atoms. The van der Waals surface area contributed by atoms with E-state index in [0.29, 0.717) is 11.7 Å². The molecule has 0 unspecified atom stereocenters. The summed E-state index contributed by atoms with van der Waals surface area (Å²) in [7, 11) is 1.99. The molecule has 118 valence electrons. The summed E-state index contributed by atoms with van der Waals surface area (Å²) in [5.74, 6) is 0. The Hall–Kier alpha value is -1.40. The zero-order valence-electron chi connectivity index (χ0n) is 13.4. The molecule has 0 saturated carbocycles. The van der Waals surface area contributed by atoms with Crippen molar-refractivity contribution in [2.45, 2.75) is 33.9 Å². The van der Waals surface area contributed by atoms with E-state index in [4.69, 9.17) is 12.2 Å². The molecule has 0 bridgehead atoms.